The Bertz CT molecular complexity index is 946. The molecule has 8 heteroatoms. The predicted octanol–water partition coefficient (Wildman–Crippen LogP) is 2.72. The minimum atomic E-state index is -3.88. The maximum Gasteiger partial charge on any atom is 0.262 e. The number of hydrogen-bond acceptors (Lipinski definition) is 5. The molecule has 0 unspecified atom stereocenters. The van der Waals surface area contributed by atoms with Crippen molar-refractivity contribution in [1.82, 2.24) is 0 Å². The molecule has 0 saturated heterocycles. The van der Waals surface area contributed by atoms with Crippen LogP contribution >= 0.6 is 0 Å². The zero-order valence-corrected chi connectivity index (χ0v) is 17.6. The van der Waals surface area contributed by atoms with Crippen molar-refractivity contribution in [2.45, 2.75) is 31.1 Å². The van der Waals surface area contributed by atoms with Crippen molar-refractivity contribution in [2.24, 2.45) is 5.14 Å². The SMILES string of the molecule is CN(C)c1ccc(S(N)(=O)=O)cc1NC(=O)COc1ccc(C(C)(C)C)cc1. The molecule has 0 aliphatic heterocycles. The van der Waals surface area contributed by atoms with Gasteiger partial charge < -0.3 is 15.0 Å². The van der Waals surface area contributed by atoms with Gasteiger partial charge in [-0.2, -0.15) is 0 Å². The summed E-state index contributed by atoms with van der Waals surface area (Å²) in [6.45, 7) is 6.15. The molecule has 7 nitrogen and oxygen atoms in total. The molecule has 0 spiro atoms. The highest BCUT2D eigenvalue weighted by molar-refractivity contribution is 7.89. The van der Waals surface area contributed by atoms with Crippen LogP contribution in [0.25, 0.3) is 0 Å². The van der Waals surface area contributed by atoms with Crippen LogP contribution in [0, 0.1) is 0 Å². The number of nitrogens with one attached hydrogen (secondary N) is 1. The van der Waals surface area contributed by atoms with Crippen molar-refractivity contribution in [3.8, 4) is 5.75 Å². The maximum absolute atomic E-state index is 12.3. The summed E-state index contributed by atoms with van der Waals surface area (Å²) in [6.07, 6.45) is 0. The molecule has 3 N–H and O–H groups in total. The molecule has 0 aromatic heterocycles. The van der Waals surface area contributed by atoms with Crippen molar-refractivity contribution in [3.63, 3.8) is 0 Å². The number of anilines is 2. The summed E-state index contributed by atoms with van der Waals surface area (Å²) in [6, 6.07) is 11.9. The molecule has 28 heavy (non-hydrogen) atoms. The van der Waals surface area contributed by atoms with E-state index >= 15 is 0 Å². The minimum Gasteiger partial charge on any atom is -0.484 e. The largest absolute Gasteiger partial charge is 0.484 e. The normalized spacial score (nSPS) is 11.8. The van der Waals surface area contributed by atoms with Crippen LogP contribution in [0.3, 0.4) is 0 Å². The van der Waals surface area contributed by atoms with Gasteiger partial charge in [-0.3, -0.25) is 4.79 Å². The Hall–Kier alpha value is -2.58. The molecule has 2 aromatic rings. The lowest BCUT2D eigenvalue weighted by molar-refractivity contribution is -0.118. The number of carbonyl (C=O) groups is 1. The van der Waals surface area contributed by atoms with Crippen molar-refractivity contribution in [1.29, 1.82) is 0 Å². The number of amides is 1. The van der Waals surface area contributed by atoms with Crippen LogP contribution in [-0.2, 0) is 20.2 Å². The van der Waals surface area contributed by atoms with Crippen LogP contribution in [0.15, 0.2) is 47.4 Å². The van der Waals surface area contributed by atoms with Crippen LogP contribution in [-0.4, -0.2) is 35.0 Å². The Morgan fingerprint density at radius 2 is 1.71 bits per heavy atom. The van der Waals surface area contributed by atoms with Gasteiger partial charge in [-0.05, 0) is 41.3 Å². The smallest absolute Gasteiger partial charge is 0.262 e. The first-order chi connectivity index (χ1) is 12.9. The molecule has 2 rings (SSSR count). The number of nitrogens with zero attached hydrogens (tertiary/aromatic N) is 1. The minimum absolute atomic E-state index is 0.0346. The van der Waals surface area contributed by atoms with Gasteiger partial charge in [0.15, 0.2) is 6.61 Å². The Kier molecular flexibility index (Phi) is 6.36. The van der Waals surface area contributed by atoms with Gasteiger partial charge in [0, 0.05) is 14.1 Å². The molecule has 0 radical (unpaired) electrons. The quantitative estimate of drug-likeness (QED) is 0.769. The Labute approximate surface area is 166 Å². The van der Waals surface area contributed by atoms with Gasteiger partial charge >= 0.3 is 0 Å². The average molecular weight is 406 g/mol. The first-order valence-corrected chi connectivity index (χ1v) is 10.3. The fourth-order valence-electron chi connectivity index (χ4n) is 2.57. The summed E-state index contributed by atoms with van der Waals surface area (Å²) in [5.41, 5.74) is 2.19. The molecule has 0 aliphatic rings. The van der Waals surface area contributed by atoms with E-state index in [9.17, 15) is 13.2 Å². The number of ether oxygens (including phenoxy) is 1. The van der Waals surface area contributed by atoms with E-state index in [1.807, 2.05) is 24.3 Å². The van der Waals surface area contributed by atoms with E-state index in [-0.39, 0.29) is 16.9 Å². The van der Waals surface area contributed by atoms with Gasteiger partial charge in [-0.25, -0.2) is 13.6 Å². The second-order valence-electron chi connectivity index (χ2n) is 7.73. The number of carbonyl (C=O) groups excluding carboxylic acids is 1. The number of hydrogen-bond donors (Lipinski definition) is 2. The predicted molar refractivity (Wildman–Crippen MR) is 111 cm³/mol. The molecule has 0 atom stereocenters. The molecule has 1 amide bonds. The zero-order valence-electron chi connectivity index (χ0n) is 16.8. The fourth-order valence-corrected chi connectivity index (χ4v) is 3.11. The van der Waals surface area contributed by atoms with Gasteiger partial charge in [-0.1, -0.05) is 32.9 Å². The van der Waals surface area contributed by atoms with Crippen LogP contribution in [0.5, 0.6) is 5.75 Å². The van der Waals surface area contributed by atoms with Crippen LogP contribution in [0.4, 0.5) is 11.4 Å². The van der Waals surface area contributed by atoms with E-state index in [1.54, 1.807) is 25.1 Å². The van der Waals surface area contributed by atoms with Gasteiger partial charge in [0.1, 0.15) is 5.75 Å². The summed E-state index contributed by atoms with van der Waals surface area (Å²) in [5, 5.41) is 7.87. The lowest BCUT2D eigenvalue weighted by atomic mass is 9.87. The summed E-state index contributed by atoms with van der Waals surface area (Å²) < 4.78 is 28.7. The third-order valence-corrected chi connectivity index (χ3v) is 5.05. The third kappa shape index (κ3) is 5.71. The molecule has 152 valence electrons. The lowest BCUT2D eigenvalue weighted by Gasteiger charge is -2.20. The second kappa shape index (κ2) is 8.20. The number of benzene rings is 2. The van der Waals surface area contributed by atoms with E-state index in [4.69, 9.17) is 9.88 Å². The van der Waals surface area contributed by atoms with Gasteiger partial charge in [-0.15, -0.1) is 0 Å². The highest BCUT2D eigenvalue weighted by Gasteiger charge is 2.16. The molecular weight excluding hydrogens is 378 g/mol. The van der Waals surface area contributed by atoms with Crippen molar-refractivity contribution in [2.75, 3.05) is 30.9 Å². The van der Waals surface area contributed by atoms with E-state index in [0.717, 1.165) is 0 Å². The number of sulfonamides is 1. The van der Waals surface area contributed by atoms with Crippen molar-refractivity contribution < 1.29 is 17.9 Å². The summed E-state index contributed by atoms with van der Waals surface area (Å²) in [5.74, 6) is 0.170. The molecule has 0 saturated carbocycles. The lowest BCUT2D eigenvalue weighted by Crippen LogP contribution is -2.23. The van der Waals surface area contributed by atoms with Crippen LogP contribution < -0.4 is 20.1 Å². The van der Waals surface area contributed by atoms with Gasteiger partial charge in [0.25, 0.3) is 5.91 Å². The van der Waals surface area contributed by atoms with Gasteiger partial charge in [0.2, 0.25) is 10.0 Å². The van der Waals surface area contributed by atoms with Crippen molar-refractivity contribution >= 4 is 27.3 Å². The number of rotatable bonds is 6. The molecule has 0 aliphatic carbocycles. The van der Waals surface area contributed by atoms with Gasteiger partial charge in [0.05, 0.1) is 16.3 Å². The zero-order chi connectivity index (χ0) is 21.1. The molecule has 0 fully saturated rings. The molecule has 0 heterocycles. The number of nitrogens with two attached hydrogens (primary N) is 1. The van der Waals surface area contributed by atoms with E-state index in [1.165, 1.54) is 17.7 Å². The average Bonchev–Trinajstić information content (AvgIpc) is 2.58. The summed E-state index contributed by atoms with van der Waals surface area (Å²) in [7, 11) is -0.303. The first-order valence-electron chi connectivity index (χ1n) is 8.75. The maximum atomic E-state index is 12.3. The first kappa shape index (κ1) is 21.7. The van der Waals surface area contributed by atoms with Crippen LogP contribution in [0.2, 0.25) is 0 Å². The standard InChI is InChI=1S/C20H27N3O4S/c1-20(2,3)14-6-8-15(9-7-14)27-13-19(24)22-17-12-16(28(21,25)26)10-11-18(17)23(4)5/h6-12H,13H2,1-5H3,(H,22,24)(H2,21,25,26). The summed E-state index contributed by atoms with van der Waals surface area (Å²) >= 11 is 0. The monoisotopic (exact) mass is 405 g/mol. The second-order valence-corrected chi connectivity index (χ2v) is 9.29. The van der Waals surface area contributed by atoms with E-state index in [2.05, 4.69) is 26.1 Å². The Morgan fingerprint density at radius 3 is 2.21 bits per heavy atom. The molecule has 2 aromatic carbocycles. The highest BCUT2D eigenvalue weighted by atomic mass is 32.2. The Morgan fingerprint density at radius 1 is 1.11 bits per heavy atom. The topological polar surface area (TPSA) is 102 Å². The van der Waals surface area contributed by atoms with Crippen molar-refractivity contribution in [3.05, 3.63) is 48.0 Å². The van der Waals surface area contributed by atoms with Crippen LogP contribution in [0.1, 0.15) is 26.3 Å². The Balaban J connectivity index is 2.10. The number of primary sulfonamides is 1. The van der Waals surface area contributed by atoms with E-state index < -0.39 is 15.9 Å². The molecule has 0 bridgehead atoms. The van der Waals surface area contributed by atoms with E-state index in [0.29, 0.717) is 17.1 Å². The highest BCUT2D eigenvalue weighted by Crippen LogP contribution is 2.27. The fraction of sp³-hybridized carbons (Fsp3) is 0.350. The third-order valence-electron chi connectivity index (χ3n) is 4.14. The molecular formula is C20H27N3O4S. The summed E-state index contributed by atoms with van der Waals surface area (Å²) in [4.78, 5) is 14.0.